The van der Waals surface area contributed by atoms with Gasteiger partial charge < -0.3 is 20.7 Å². The third kappa shape index (κ3) is 4.11. The van der Waals surface area contributed by atoms with Crippen LogP contribution in [-0.4, -0.2) is 32.3 Å². The summed E-state index contributed by atoms with van der Waals surface area (Å²) < 4.78 is 5.22. The zero-order valence-corrected chi connectivity index (χ0v) is 13.0. The van der Waals surface area contributed by atoms with Crippen LogP contribution in [0.1, 0.15) is 26.7 Å². The molecule has 1 aliphatic rings. The van der Waals surface area contributed by atoms with Crippen LogP contribution in [-0.2, 0) is 0 Å². The summed E-state index contributed by atoms with van der Waals surface area (Å²) in [6.07, 6.45) is 2.37. The van der Waals surface area contributed by atoms with Gasteiger partial charge in [-0.2, -0.15) is 0 Å². The Morgan fingerprint density at radius 1 is 1.43 bits per heavy atom. The van der Waals surface area contributed by atoms with Gasteiger partial charge in [0.05, 0.1) is 12.8 Å². The number of hydrogen-bond acceptors (Lipinski definition) is 3. The van der Waals surface area contributed by atoms with E-state index in [0.717, 1.165) is 6.54 Å². The summed E-state index contributed by atoms with van der Waals surface area (Å²) in [5.74, 6) is 0.656. The minimum Gasteiger partial charge on any atom is -0.495 e. The van der Waals surface area contributed by atoms with Crippen LogP contribution < -0.4 is 20.7 Å². The van der Waals surface area contributed by atoms with Gasteiger partial charge in [-0.05, 0) is 36.9 Å². The molecule has 3 N–H and O–H groups in total. The summed E-state index contributed by atoms with van der Waals surface area (Å²) in [5.41, 5.74) is 0.879. The molecule has 1 unspecified atom stereocenters. The van der Waals surface area contributed by atoms with Gasteiger partial charge in [-0.15, -0.1) is 0 Å². The van der Waals surface area contributed by atoms with Gasteiger partial charge in [-0.1, -0.05) is 26.0 Å². The van der Waals surface area contributed by atoms with Gasteiger partial charge in [0, 0.05) is 12.6 Å². The van der Waals surface area contributed by atoms with Crippen molar-refractivity contribution in [2.24, 2.45) is 5.41 Å². The van der Waals surface area contributed by atoms with Crippen molar-refractivity contribution in [2.45, 2.75) is 32.7 Å². The molecule has 5 heteroatoms. The Morgan fingerprint density at radius 3 is 2.90 bits per heavy atom. The molecule has 116 valence electrons. The molecule has 1 aromatic rings. The van der Waals surface area contributed by atoms with Crippen LogP contribution in [0.25, 0.3) is 0 Å². The Balaban J connectivity index is 1.87. The van der Waals surface area contributed by atoms with E-state index in [1.165, 1.54) is 12.8 Å². The number of nitrogens with one attached hydrogen (secondary N) is 3. The van der Waals surface area contributed by atoms with Crippen molar-refractivity contribution in [3.63, 3.8) is 0 Å². The first kappa shape index (κ1) is 15.6. The Hall–Kier alpha value is -1.75. The number of carbonyl (C=O) groups is 1. The molecule has 1 aliphatic heterocycles. The van der Waals surface area contributed by atoms with Gasteiger partial charge in [0.25, 0.3) is 0 Å². The summed E-state index contributed by atoms with van der Waals surface area (Å²) in [7, 11) is 1.59. The quantitative estimate of drug-likeness (QED) is 0.799. The predicted molar refractivity (Wildman–Crippen MR) is 84.8 cm³/mol. The zero-order valence-electron chi connectivity index (χ0n) is 13.0. The summed E-state index contributed by atoms with van der Waals surface area (Å²) in [6.45, 7) is 6.12. The third-order valence-corrected chi connectivity index (χ3v) is 4.15. The number of rotatable bonds is 4. The second-order valence-corrected chi connectivity index (χ2v) is 6.13. The van der Waals surface area contributed by atoms with Crippen molar-refractivity contribution in [3.8, 4) is 5.75 Å². The number of hydrogen-bond donors (Lipinski definition) is 3. The SMILES string of the molecule is COc1ccccc1NC(=O)NCC1NCCCC1(C)C. The molecular weight excluding hydrogens is 266 g/mol. The van der Waals surface area contributed by atoms with E-state index in [4.69, 9.17) is 4.74 Å². The van der Waals surface area contributed by atoms with E-state index in [0.29, 0.717) is 24.0 Å². The fourth-order valence-corrected chi connectivity index (χ4v) is 2.73. The number of amides is 2. The molecule has 2 rings (SSSR count). The zero-order chi connectivity index (χ0) is 15.3. The first-order valence-corrected chi connectivity index (χ1v) is 7.44. The lowest BCUT2D eigenvalue weighted by atomic mass is 9.77. The highest BCUT2D eigenvalue weighted by atomic mass is 16.5. The van der Waals surface area contributed by atoms with Crippen molar-refractivity contribution in [2.75, 3.05) is 25.5 Å². The number of ether oxygens (including phenoxy) is 1. The van der Waals surface area contributed by atoms with Crippen LogP contribution in [0, 0.1) is 5.41 Å². The molecule has 2 amide bonds. The monoisotopic (exact) mass is 291 g/mol. The number of anilines is 1. The number of piperidine rings is 1. The van der Waals surface area contributed by atoms with E-state index >= 15 is 0 Å². The lowest BCUT2D eigenvalue weighted by Crippen LogP contribution is -2.53. The second-order valence-electron chi connectivity index (χ2n) is 6.13. The van der Waals surface area contributed by atoms with Crippen LogP contribution in [0.15, 0.2) is 24.3 Å². The minimum atomic E-state index is -0.206. The number of benzene rings is 1. The molecule has 1 fully saturated rings. The Labute approximate surface area is 126 Å². The lowest BCUT2D eigenvalue weighted by molar-refractivity contribution is 0.177. The number of carbonyl (C=O) groups excluding carboxylic acids is 1. The van der Waals surface area contributed by atoms with Gasteiger partial charge in [-0.25, -0.2) is 4.79 Å². The standard InChI is InChI=1S/C16H25N3O2/c1-16(2)9-6-10-17-14(16)11-18-15(20)19-12-7-4-5-8-13(12)21-3/h4-5,7-8,14,17H,6,9-11H2,1-3H3,(H2,18,19,20). The Bertz CT molecular complexity index is 488. The second kappa shape index (κ2) is 6.80. The van der Waals surface area contributed by atoms with Gasteiger partial charge >= 0.3 is 6.03 Å². The number of urea groups is 1. The van der Waals surface area contributed by atoms with E-state index in [2.05, 4.69) is 29.8 Å². The molecule has 21 heavy (non-hydrogen) atoms. The van der Waals surface area contributed by atoms with Gasteiger partial charge in [0.2, 0.25) is 0 Å². The lowest BCUT2D eigenvalue weighted by Gasteiger charge is -2.39. The summed E-state index contributed by atoms with van der Waals surface area (Å²) in [5, 5.41) is 9.25. The first-order chi connectivity index (χ1) is 10.0. The highest BCUT2D eigenvalue weighted by molar-refractivity contribution is 5.90. The molecule has 0 aromatic heterocycles. The van der Waals surface area contributed by atoms with E-state index in [-0.39, 0.29) is 11.4 Å². The molecular formula is C16H25N3O2. The van der Waals surface area contributed by atoms with Gasteiger partial charge in [0.1, 0.15) is 5.75 Å². The summed E-state index contributed by atoms with van der Waals surface area (Å²) in [4.78, 5) is 12.0. The van der Waals surface area contributed by atoms with E-state index in [1.54, 1.807) is 7.11 Å². The van der Waals surface area contributed by atoms with E-state index in [9.17, 15) is 4.79 Å². The third-order valence-electron chi connectivity index (χ3n) is 4.15. The van der Waals surface area contributed by atoms with Crippen molar-refractivity contribution >= 4 is 11.7 Å². The molecule has 0 aliphatic carbocycles. The fourth-order valence-electron chi connectivity index (χ4n) is 2.73. The molecule has 5 nitrogen and oxygen atoms in total. The maximum atomic E-state index is 12.0. The molecule has 1 atom stereocenters. The van der Waals surface area contributed by atoms with Crippen LogP contribution in [0.4, 0.5) is 10.5 Å². The summed E-state index contributed by atoms with van der Waals surface area (Å²) in [6, 6.07) is 7.47. The smallest absolute Gasteiger partial charge is 0.319 e. The van der Waals surface area contributed by atoms with Crippen LogP contribution in [0.2, 0.25) is 0 Å². The maximum Gasteiger partial charge on any atom is 0.319 e. The Kier molecular flexibility index (Phi) is 5.07. The topological polar surface area (TPSA) is 62.4 Å². The normalized spacial score (nSPS) is 20.6. The van der Waals surface area contributed by atoms with Crippen molar-refractivity contribution in [1.82, 2.24) is 10.6 Å². The molecule has 1 heterocycles. The minimum absolute atomic E-state index is 0.204. The van der Waals surface area contributed by atoms with Crippen LogP contribution in [0.5, 0.6) is 5.75 Å². The van der Waals surface area contributed by atoms with Crippen molar-refractivity contribution in [1.29, 1.82) is 0 Å². The average Bonchev–Trinajstić information content (AvgIpc) is 2.46. The fraction of sp³-hybridized carbons (Fsp3) is 0.562. The first-order valence-electron chi connectivity index (χ1n) is 7.44. The van der Waals surface area contributed by atoms with E-state index < -0.39 is 0 Å². The van der Waals surface area contributed by atoms with Gasteiger partial charge in [0.15, 0.2) is 0 Å². The van der Waals surface area contributed by atoms with E-state index in [1.807, 2.05) is 24.3 Å². The number of para-hydroxylation sites is 2. The highest BCUT2D eigenvalue weighted by Gasteiger charge is 2.31. The molecule has 0 spiro atoms. The highest BCUT2D eigenvalue weighted by Crippen LogP contribution is 2.29. The maximum absolute atomic E-state index is 12.0. The molecule has 0 bridgehead atoms. The van der Waals surface area contributed by atoms with Gasteiger partial charge in [-0.3, -0.25) is 0 Å². The average molecular weight is 291 g/mol. The predicted octanol–water partition coefficient (Wildman–Crippen LogP) is 2.59. The number of methoxy groups -OCH3 is 1. The van der Waals surface area contributed by atoms with Crippen molar-refractivity contribution < 1.29 is 9.53 Å². The molecule has 0 saturated carbocycles. The van der Waals surface area contributed by atoms with Crippen LogP contribution >= 0.6 is 0 Å². The van der Waals surface area contributed by atoms with Crippen molar-refractivity contribution in [3.05, 3.63) is 24.3 Å². The molecule has 1 saturated heterocycles. The molecule has 1 aromatic carbocycles. The summed E-state index contributed by atoms with van der Waals surface area (Å²) >= 11 is 0. The largest absolute Gasteiger partial charge is 0.495 e. The Morgan fingerprint density at radius 2 is 2.19 bits per heavy atom. The molecule has 0 radical (unpaired) electrons. The van der Waals surface area contributed by atoms with Crippen LogP contribution in [0.3, 0.4) is 0 Å².